The predicted octanol–water partition coefficient (Wildman–Crippen LogP) is 1.91. The van der Waals surface area contributed by atoms with Crippen LogP contribution < -0.4 is 5.32 Å². The number of hydrogen-bond donors (Lipinski definition) is 1. The van der Waals surface area contributed by atoms with Crippen molar-refractivity contribution < 1.29 is 17.9 Å². The van der Waals surface area contributed by atoms with Crippen LogP contribution in [0.2, 0.25) is 0 Å². The van der Waals surface area contributed by atoms with Crippen molar-refractivity contribution in [3.63, 3.8) is 0 Å². The maximum Gasteiger partial charge on any atom is 0.243 e. The van der Waals surface area contributed by atoms with E-state index in [0.717, 1.165) is 19.3 Å². The Morgan fingerprint density at radius 2 is 1.81 bits per heavy atom. The van der Waals surface area contributed by atoms with Crippen molar-refractivity contribution in [2.45, 2.75) is 50.2 Å². The number of hydrogen-bond acceptors (Lipinski definition) is 5. The predicted molar refractivity (Wildman–Crippen MR) is 104 cm³/mol. The van der Waals surface area contributed by atoms with E-state index in [1.54, 1.807) is 24.3 Å². The Hall–Kier alpha value is -1.48. The Morgan fingerprint density at radius 1 is 1.15 bits per heavy atom. The number of nitrogens with zero attached hydrogens (tertiary/aromatic N) is 2. The fraction of sp³-hybridized carbons (Fsp3) is 0.632. The SMILES string of the molecule is C[C@@H]1CN(CC(=O)Nc2cccc(S(=O)(=O)N3CCCCC3)c2)C[C@@H](C)O1. The maximum absolute atomic E-state index is 12.8. The van der Waals surface area contributed by atoms with Crippen LogP contribution in [0.4, 0.5) is 5.69 Å². The van der Waals surface area contributed by atoms with Crippen LogP contribution in [0.5, 0.6) is 0 Å². The van der Waals surface area contributed by atoms with Crippen LogP contribution in [-0.2, 0) is 19.6 Å². The summed E-state index contributed by atoms with van der Waals surface area (Å²) < 4.78 is 32.8. The fourth-order valence-electron chi connectivity index (χ4n) is 3.81. The first kappa shape index (κ1) is 20.3. The molecule has 0 bridgehead atoms. The summed E-state index contributed by atoms with van der Waals surface area (Å²) in [7, 11) is -3.51. The Bertz CT molecular complexity index is 752. The van der Waals surface area contributed by atoms with Gasteiger partial charge in [0, 0.05) is 31.9 Å². The van der Waals surface area contributed by atoms with Crippen LogP contribution in [0.15, 0.2) is 29.2 Å². The molecule has 2 saturated heterocycles. The third kappa shape index (κ3) is 5.28. The van der Waals surface area contributed by atoms with Crippen LogP contribution >= 0.6 is 0 Å². The van der Waals surface area contributed by atoms with Crippen molar-refractivity contribution in [3.05, 3.63) is 24.3 Å². The number of carbonyl (C=O) groups excluding carboxylic acids is 1. The van der Waals surface area contributed by atoms with E-state index >= 15 is 0 Å². The number of rotatable bonds is 5. The lowest BCUT2D eigenvalue weighted by Gasteiger charge is -2.34. The molecule has 1 aromatic carbocycles. The largest absolute Gasteiger partial charge is 0.373 e. The van der Waals surface area contributed by atoms with E-state index in [4.69, 9.17) is 4.74 Å². The minimum atomic E-state index is -3.51. The van der Waals surface area contributed by atoms with Gasteiger partial charge in [0.15, 0.2) is 0 Å². The smallest absolute Gasteiger partial charge is 0.243 e. The molecule has 0 unspecified atom stereocenters. The molecule has 0 saturated carbocycles. The van der Waals surface area contributed by atoms with Crippen molar-refractivity contribution in [2.24, 2.45) is 0 Å². The molecule has 2 heterocycles. The first-order valence-electron chi connectivity index (χ1n) is 9.62. The lowest BCUT2D eigenvalue weighted by Crippen LogP contribution is -2.48. The molecule has 0 radical (unpaired) electrons. The quantitative estimate of drug-likeness (QED) is 0.824. The van der Waals surface area contributed by atoms with Gasteiger partial charge in [-0.3, -0.25) is 9.69 Å². The summed E-state index contributed by atoms with van der Waals surface area (Å²) in [5.74, 6) is -0.149. The third-order valence-corrected chi connectivity index (χ3v) is 6.83. The monoisotopic (exact) mass is 395 g/mol. The van der Waals surface area contributed by atoms with Gasteiger partial charge in [0.2, 0.25) is 15.9 Å². The molecule has 2 aliphatic rings. The summed E-state index contributed by atoms with van der Waals surface area (Å²) in [5, 5.41) is 2.83. The van der Waals surface area contributed by atoms with Crippen molar-refractivity contribution in [1.29, 1.82) is 0 Å². The van der Waals surface area contributed by atoms with Gasteiger partial charge >= 0.3 is 0 Å². The van der Waals surface area contributed by atoms with Gasteiger partial charge < -0.3 is 10.1 Å². The first-order valence-corrected chi connectivity index (χ1v) is 11.1. The normalized spacial score (nSPS) is 25.3. The number of anilines is 1. The van der Waals surface area contributed by atoms with Gasteiger partial charge in [0.25, 0.3) is 0 Å². The number of amides is 1. The summed E-state index contributed by atoms with van der Waals surface area (Å²) in [6, 6.07) is 6.53. The fourth-order valence-corrected chi connectivity index (χ4v) is 5.37. The van der Waals surface area contributed by atoms with Gasteiger partial charge in [0.05, 0.1) is 23.6 Å². The number of nitrogens with one attached hydrogen (secondary N) is 1. The average molecular weight is 396 g/mol. The van der Waals surface area contributed by atoms with Gasteiger partial charge in [-0.1, -0.05) is 12.5 Å². The van der Waals surface area contributed by atoms with E-state index in [1.807, 2.05) is 13.8 Å². The van der Waals surface area contributed by atoms with E-state index in [2.05, 4.69) is 10.2 Å². The second kappa shape index (κ2) is 8.68. The highest BCUT2D eigenvalue weighted by atomic mass is 32.2. The average Bonchev–Trinajstić information content (AvgIpc) is 2.61. The summed E-state index contributed by atoms with van der Waals surface area (Å²) in [5.41, 5.74) is 0.507. The Labute approximate surface area is 161 Å². The topological polar surface area (TPSA) is 79.0 Å². The van der Waals surface area contributed by atoms with Crippen LogP contribution in [0.3, 0.4) is 0 Å². The number of carbonyl (C=O) groups is 1. The molecule has 8 heteroatoms. The molecule has 0 aliphatic carbocycles. The summed E-state index contributed by atoms with van der Waals surface area (Å²) in [4.78, 5) is 14.7. The molecular formula is C19H29N3O4S. The number of ether oxygens (including phenoxy) is 1. The number of morpholine rings is 1. The second-order valence-corrected chi connectivity index (χ2v) is 9.43. The van der Waals surface area contributed by atoms with Gasteiger partial charge in [0.1, 0.15) is 0 Å². The Balaban J connectivity index is 1.64. The van der Waals surface area contributed by atoms with Crippen LogP contribution in [0.25, 0.3) is 0 Å². The van der Waals surface area contributed by atoms with E-state index in [0.29, 0.717) is 31.9 Å². The molecule has 3 rings (SSSR count). The van der Waals surface area contributed by atoms with E-state index < -0.39 is 10.0 Å². The molecule has 0 aromatic heterocycles. The first-order chi connectivity index (χ1) is 12.8. The van der Waals surface area contributed by atoms with Crippen LogP contribution in [0.1, 0.15) is 33.1 Å². The molecule has 2 atom stereocenters. The Morgan fingerprint density at radius 3 is 2.48 bits per heavy atom. The van der Waals surface area contributed by atoms with E-state index in [-0.39, 0.29) is 29.6 Å². The second-order valence-electron chi connectivity index (χ2n) is 7.49. The summed E-state index contributed by atoms with van der Waals surface area (Å²) in [6.07, 6.45) is 3.05. The van der Waals surface area contributed by atoms with Crippen LogP contribution in [-0.4, -0.2) is 68.5 Å². The zero-order valence-corrected chi connectivity index (χ0v) is 16.9. The number of sulfonamides is 1. The highest BCUT2D eigenvalue weighted by Gasteiger charge is 2.27. The van der Waals surface area contributed by atoms with Crippen molar-refractivity contribution >= 4 is 21.6 Å². The standard InChI is InChI=1S/C19H29N3O4S/c1-15-12-21(13-16(2)26-15)14-19(23)20-17-7-6-8-18(11-17)27(24,25)22-9-4-3-5-10-22/h6-8,11,15-16H,3-5,9-10,12-14H2,1-2H3,(H,20,23)/t15-,16-/m1/s1. The zero-order valence-electron chi connectivity index (χ0n) is 16.1. The lowest BCUT2D eigenvalue weighted by molar-refractivity contribution is -0.121. The number of benzene rings is 1. The zero-order chi connectivity index (χ0) is 19.4. The van der Waals surface area contributed by atoms with Gasteiger partial charge in [-0.15, -0.1) is 0 Å². The van der Waals surface area contributed by atoms with Crippen molar-refractivity contribution in [1.82, 2.24) is 9.21 Å². The molecule has 2 fully saturated rings. The van der Waals surface area contributed by atoms with Gasteiger partial charge in [-0.25, -0.2) is 8.42 Å². The molecule has 1 aromatic rings. The summed E-state index contributed by atoms with van der Waals surface area (Å²) in [6.45, 7) is 6.80. The highest BCUT2D eigenvalue weighted by Crippen LogP contribution is 2.23. The lowest BCUT2D eigenvalue weighted by atomic mass is 10.2. The molecule has 1 N–H and O–H groups in total. The third-order valence-electron chi connectivity index (χ3n) is 4.93. The van der Waals surface area contributed by atoms with Crippen LogP contribution in [0, 0.1) is 0 Å². The van der Waals surface area contributed by atoms with Crippen molar-refractivity contribution in [2.75, 3.05) is 38.0 Å². The Kier molecular flexibility index (Phi) is 6.52. The highest BCUT2D eigenvalue weighted by molar-refractivity contribution is 7.89. The molecular weight excluding hydrogens is 366 g/mol. The molecule has 150 valence electrons. The number of piperidine rings is 1. The van der Waals surface area contributed by atoms with Crippen molar-refractivity contribution in [3.8, 4) is 0 Å². The van der Waals surface area contributed by atoms with Gasteiger partial charge in [-0.2, -0.15) is 4.31 Å². The molecule has 7 nitrogen and oxygen atoms in total. The van der Waals surface area contributed by atoms with E-state index in [1.165, 1.54) is 4.31 Å². The van der Waals surface area contributed by atoms with E-state index in [9.17, 15) is 13.2 Å². The molecule has 2 aliphatic heterocycles. The molecule has 27 heavy (non-hydrogen) atoms. The minimum Gasteiger partial charge on any atom is -0.373 e. The molecule has 1 amide bonds. The summed E-state index contributed by atoms with van der Waals surface area (Å²) >= 11 is 0. The maximum atomic E-state index is 12.8. The minimum absolute atomic E-state index is 0.0968. The van der Waals surface area contributed by atoms with Gasteiger partial charge in [-0.05, 0) is 44.9 Å². The molecule has 0 spiro atoms.